The van der Waals surface area contributed by atoms with Crippen molar-refractivity contribution in [3.8, 4) is 0 Å². The molecule has 0 saturated heterocycles. The Hall–Kier alpha value is -3.26. The van der Waals surface area contributed by atoms with Gasteiger partial charge in [-0.15, -0.1) is 0 Å². The third kappa shape index (κ3) is 10.0. The Bertz CT molecular complexity index is 653. The summed E-state index contributed by atoms with van der Waals surface area (Å²) in [5.74, 6) is -7.15. The Morgan fingerprint density at radius 3 is 1.79 bits per heavy atom. The number of carbonyl (C=O) groups excluding carboxylic acids is 3. The molecule has 14 heteroatoms. The van der Waals surface area contributed by atoms with Gasteiger partial charge in [0.05, 0.1) is 19.1 Å². The largest absolute Gasteiger partial charge is 0.481 e. The maximum Gasteiger partial charge on any atom is 0.325 e. The van der Waals surface area contributed by atoms with Crippen LogP contribution in [-0.2, 0) is 28.8 Å². The van der Waals surface area contributed by atoms with Gasteiger partial charge in [-0.25, -0.2) is 0 Å². The zero-order valence-corrected chi connectivity index (χ0v) is 15.5. The maximum atomic E-state index is 12.3. The van der Waals surface area contributed by atoms with Gasteiger partial charge in [-0.3, -0.25) is 28.8 Å². The molecule has 0 aromatic rings. The van der Waals surface area contributed by atoms with Crippen LogP contribution in [0.2, 0.25) is 0 Å². The number of carboxylic acids is 3. The van der Waals surface area contributed by atoms with Crippen molar-refractivity contribution in [3.05, 3.63) is 0 Å². The summed E-state index contributed by atoms with van der Waals surface area (Å²) in [5.41, 5.74) is 5.38. The van der Waals surface area contributed by atoms with Crippen molar-refractivity contribution in [1.82, 2.24) is 16.0 Å². The summed E-state index contributed by atoms with van der Waals surface area (Å²) in [5, 5.41) is 41.6. The summed E-state index contributed by atoms with van der Waals surface area (Å²) in [7, 11) is 0. The second-order valence-corrected chi connectivity index (χ2v) is 6.01. The van der Waals surface area contributed by atoms with Crippen LogP contribution in [0.4, 0.5) is 0 Å². The van der Waals surface area contributed by atoms with Crippen molar-refractivity contribution < 1.29 is 49.2 Å². The van der Waals surface area contributed by atoms with Crippen molar-refractivity contribution in [1.29, 1.82) is 0 Å². The summed E-state index contributed by atoms with van der Waals surface area (Å²) < 4.78 is 0. The van der Waals surface area contributed by atoms with Crippen LogP contribution in [0.3, 0.4) is 0 Å². The third-order valence-electron chi connectivity index (χ3n) is 3.56. The summed E-state index contributed by atoms with van der Waals surface area (Å²) >= 11 is 0. The van der Waals surface area contributed by atoms with Gasteiger partial charge in [0.25, 0.3) is 0 Å². The van der Waals surface area contributed by atoms with Crippen molar-refractivity contribution in [2.45, 2.75) is 50.4 Å². The Kier molecular flexibility index (Phi) is 10.9. The monoisotopic (exact) mass is 420 g/mol. The Balaban J connectivity index is 5.19. The number of hydrogen-bond donors (Lipinski definition) is 8. The van der Waals surface area contributed by atoms with Crippen molar-refractivity contribution in [3.63, 3.8) is 0 Å². The molecule has 164 valence electrons. The fourth-order valence-corrected chi connectivity index (χ4v) is 1.94. The number of aliphatic carboxylic acids is 3. The molecule has 4 unspecified atom stereocenters. The lowest BCUT2D eigenvalue weighted by Crippen LogP contribution is -2.58. The highest BCUT2D eigenvalue weighted by Gasteiger charge is 2.29. The molecule has 0 aliphatic rings. The lowest BCUT2D eigenvalue weighted by Gasteiger charge is -2.23. The first kappa shape index (κ1) is 25.7. The SMILES string of the molecule is CC(NC(=O)C(CO)NC(=O)C(CCC(=O)O)NC(=O)C(N)CC(=O)O)C(=O)O. The van der Waals surface area contributed by atoms with Gasteiger partial charge in [0.15, 0.2) is 0 Å². The molecule has 0 saturated carbocycles. The van der Waals surface area contributed by atoms with E-state index in [9.17, 15) is 33.9 Å². The summed E-state index contributed by atoms with van der Waals surface area (Å²) in [4.78, 5) is 68.4. The van der Waals surface area contributed by atoms with E-state index in [0.29, 0.717) is 0 Å². The average Bonchev–Trinajstić information content (AvgIpc) is 2.61. The van der Waals surface area contributed by atoms with E-state index in [-0.39, 0.29) is 0 Å². The number of nitrogens with two attached hydrogens (primary N) is 1. The molecule has 9 N–H and O–H groups in total. The minimum atomic E-state index is -1.58. The third-order valence-corrected chi connectivity index (χ3v) is 3.56. The van der Waals surface area contributed by atoms with Crippen LogP contribution < -0.4 is 21.7 Å². The van der Waals surface area contributed by atoms with Crippen LogP contribution in [0.15, 0.2) is 0 Å². The van der Waals surface area contributed by atoms with E-state index in [1.165, 1.54) is 0 Å². The first-order valence-corrected chi connectivity index (χ1v) is 8.33. The van der Waals surface area contributed by atoms with E-state index >= 15 is 0 Å². The Morgan fingerprint density at radius 1 is 0.828 bits per heavy atom. The number of rotatable bonds is 13. The quantitative estimate of drug-likeness (QED) is 0.143. The number of amides is 3. The Labute approximate surface area is 164 Å². The minimum Gasteiger partial charge on any atom is -0.481 e. The Morgan fingerprint density at radius 2 is 1.34 bits per heavy atom. The normalized spacial score (nSPS) is 14.6. The van der Waals surface area contributed by atoms with E-state index in [1.54, 1.807) is 0 Å². The molecule has 0 aromatic heterocycles. The molecular formula is C15H24N4O10. The van der Waals surface area contributed by atoms with Gasteiger partial charge in [0, 0.05) is 6.42 Å². The fraction of sp³-hybridized carbons (Fsp3) is 0.600. The smallest absolute Gasteiger partial charge is 0.325 e. The number of aliphatic hydroxyl groups excluding tert-OH is 1. The second kappa shape index (κ2) is 12.2. The number of nitrogens with one attached hydrogen (secondary N) is 3. The minimum absolute atomic E-state index is 0.419. The molecule has 0 fully saturated rings. The van der Waals surface area contributed by atoms with Gasteiger partial charge >= 0.3 is 17.9 Å². The number of carboxylic acid groups (broad SMARTS) is 3. The topological polar surface area (TPSA) is 245 Å². The highest BCUT2D eigenvalue weighted by Crippen LogP contribution is 2.01. The molecule has 3 amide bonds. The zero-order valence-electron chi connectivity index (χ0n) is 15.5. The molecule has 0 aliphatic carbocycles. The van der Waals surface area contributed by atoms with Gasteiger partial charge < -0.3 is 42.1 Å². The van der Waals surface area contributed by atoms with E-state index in [4.69, 9.17) is 21.1 Å². The van der Waals surface area contributed by atoms with Gasteiger partial charge in [0.2, 0.25) is 17.7 Å². The predicted octanol–water partition coefficient (Wildman–Crippen LogP) is -3.80. The second-order valence-electron chi connectivity index (χ2n) is 6.01. The number of hydrogen-bond acceptors (Lipinski definition) is 8. The van der Waals surface area contributed by atoms with Crippen molar-refractivity contribution >= 4 is 35.6 Å². The molecule has 0 rings (SSSR count). The van der Waals surface area contributed by atoms with E-state index in [1.807, 2.05) is 5.32 Å². The summed E-state index contributed by atoms with van der Waals surface area (Å²) in [6.07, 6.45) is -1.72. The zero-order chi connectivity index (χ0) is 22.7. The molecule has 0 aromatic carbocycles. The molecule has 0 bridgehead atoms. The molecule has 0 radical (unpaired) electrons. The lowest BCUT2D eigenvalue weighted by atomic mass is 10.1. The fourth-order valence-electron chi connectivity index (χ4n) is 1.94. The van der Waals surface area contributed by atoms with Crippen LogP contribution in [0.5, 0.6) is 0 Å². The van der Waals surface area contributed by atoms with Crippen molar-refractivity contribution in [2.75, 3.05) is 6.61 Å². The van der Waals surface area contributed by atoms with E-state index in [0.717, 1.165) is 6.92 Å². The van der Waals surface area contributed by atoms with E-state index < -0.39 is 85.7 Å². The van der Waals surface area contributed by atoms with Crippen LogP contribution in [-0.4, -0.2) is 86.8 Å². The summed E-state index contributed by atoms with van der Waals surface area (Å²) in [6.45, 7) is 0.234. The van der Waals surface area contributed by atoms with E-state index in [2.05, 4.69) is 10.6 Å². The molecule has 0 spiro atoms. The van der Waals surface area contributed by atoms with Crippen molar-refractivity contribution in [2.24, 2.45) is 5.73 Å². The molecule has 14 nitrogen and oxygen atoms in total. The highest BCUT2D eigenvalue weighted by molar-refractivity contribution is 5.94. The average molecular weight is 420 g/mol. The highest BCUT2D eigenvalue weighted by atomic mass is 16.4. The van der Waals surface area contributed by atoms with Gasteiger partial charge in [-0.1, -0.05) is 0 Å². The molecule has 0 aliphatic heterocycles. The number of carbonyl (C=O) groups is 6. The molecule has 0 heterocycles. The maximum absolute atomic E-state index is 12.3. The lowest BCUT2D eigenvalue weighted by molar-refractivity contribution is -0.142. The van der Waals surface area contributed by atoms with Crippen LogP contribution in [0.25, 0.3) is 0 Å². The predicted molar refractivity (Wildman–Crippen MR) is 93.3 cm³/mol. The summed E-state index contributed by atoms with van der Waals surface area (Å²) in [6, 6.07) is -5.91. The van der Waals surface area contributed by atoms with Crippen LogP contribution >= 0.6 is 0 Å². The van der Waals surface area contributed by atoms with Gasteiger partial charge in [-0.2, -0.15) is 0 Å². The molecule has 4 atom stereocenters. The first-order valence-electron chi connectivity index (χ1n) is 8.33. The first-order chi connectivity index (χ1) is 13.4. The molecular weight excluding hydrogens is 396 g/mol. The standard InChI is InChI=1S/C15H24N4O10/c1-6(15(28)29)17-14(27)9(5-20)19-13(26)8(2-3-10(21)22)18-12(25)7(16)4-11(23)24/h6-9,20H,2-5,16H2,1H3,(H,17,27)(H,18,25)(H,19,26)(H,21,22)(H,23,24)(H,28,29). The van der Waals surface area contributed by atoms with Crippen LogP contribution in [0.1, 0.15) is 26.2 Å². The van der Waals surface area contributed by atoms with Gasteiger partial charge in [-0.05, 0) is 13.3 Å². The number of aliphatic hydroxyl groups is 1. The van der Waals surface area contributed by atoms with Crippen LogP contribution in [0, 0.1) is 0 Å². The molecule has 29 heavy (non-hydrogen) atoms. The van der Waals surface area contributed by atoms with Gasteiger partial charge in [0.1, 0.15) is 18.1 Å².